The smallest absolute Gasteiger partial charge is 0.314 e. The summed E-state index contributed by atoms with van der Waals surface area (Å²) in [7, 11) is 1.62. The summed E-state index contributed by atoms with van der Waals surface area (Å²) in [5, 5.41) is 5.29. The highest BCUT2D eigenvalue weighted by Gasteiger charge is 2.13. The molecule has 1 rings (SSSR count). The lowest BCUT2D eigenvalue weighted by molar-refractivity contribution is 0.0558. The van der Waals surface area contributed by atoms with Crippen LogP contribution in [0.15, 0.2) is 0 Å². The van der Waals surface area contributed by atoms with Crippen LogP contribution in [0, 0.1) is 5.92 Å². The van der Waals surface area contributed by atoms with Gasteiger partial charge < -0.3 is 15.4 Å². The molecule has 4 heteroatoms. The van der Waals surface area contributed by atoms with Gasteiger partial charge in [0.2, 0.25) is 0 Å². The van der Waals surface area contributed by atoms with Gasteiger partial charge in [-0.1, -0.05) is 0 Å². The lowest BCUT2D eigenvalue weighted by Crippen LogP contribution is -2.38. The molecule has 12 heavy (non-hydrogen) atoms. The lowest BCUT2D eigenvalue weighted by Gasteiger charge is -2.21. The molecule has 0 saturated carbocycles. The Morgan fingerprint density at radius 1 is 1.67 bits per heavy atom. The first-order valence-electron chi connectivity index (χ1n) is 4.36. The minimum absolute atomic E-state index is 0.111. The number of amides is 2. The van der Waals surface area contributed by atoms with Crippen molar-refractivity contribution in [2.75, 3.05) is 26.8 Å². The van der Waals surface area contributed by atoms with Crippen LogP contribution in [-0.4, -0.2) is 32.8 Å². The van der Waals surface area contributed by atoms with E-state index in [1.807, 2.05) is 0 Å². The number of ether oxygens (including phenoxy) is 1. The SMILES string of the molecule is CNC(=O)NCC1CCCOC1. The quantitative estimate of drug-likeness (QED) is 0.631. The highest BCUT2D eigenvalue weighted by atomic mass is 16.5. The minimum Gasteiger partial charge on any atom is -0.381 e. The molecule has 1 fully saturated rings. The van der Waals surface area contributed by atoms with Crippen molar-refractivity contribution in [1.82, 2.24) is 10.6 Å². The van der Waals surface area contributed by atoms with Gasteiger partial charge in [0.05, 0.1) is 6.61 Å². The molecule has 1 aliphatic rings. The molecule has 0 aliphatic carbocycles. The molecular weight excluding hydrogens is 156 g/mol. The zero-order valence-electron chi connectivity index (χ0n) is 7.43. The molecule has 0 spiro atoms. The zero-order chi connectivity index (χ0) is 8.81. The zero-order valence-corrected chi connectivity index (χ0v) is 7.43. The van der Waals surface area contributed by atoms with E-state index in [4.69, 9.17) is 4.74 Å². The molecule has 0 aromatic heterocycles. The van der Waals surface area contributed by atoms with Crippen LogP contribution in [0.1, 0.15) is 12.8 Å². The number of rotatable bonds is 2. The summed E-state index contributed by atoms with van der Waals surface area (Å²) in [6, 6.07) is -0.111. The molecule has 70 valence electrons. The van der Waals surface area contributed by atoms with E-state index < -0.39 is 0 Å². The van der Waals surface area contributed by atoms with Crippen molar-refractivity contribution < 1.29 is 9.53 Å². The molecular formula is C8H16N2O2. The lowest BCUT2D eigenvalue weighted by atomic mass is 10.0. The summed E-state index contributed by atoms with van der Waals surface area (Å²) in [4.78, 5) is 10.8. The molecule has 2 amide bonds. The number of carbonyl (C=O) groups is 1. The van der Waals surface area contributed by atoms with E-state index in [0.717, 1.165) is 32.6 Å². The Morgan fingerprint density at radius 2 is 2.50 bits per heavy atom. The van der Waals surface area contributed by atoms with Gasteiger partial charge in [-0.05, 0) is 18.8 Å². The van der Waals surface area contributed by atoms with Crippen LogP contribution in [0.4, 0.5) is 4.79 Å². The van der Waals surface area contributed by atoms with Crippen molar-refractivity contribution >= 4 is 6.03 Å². The predicted octanol–water partition coefficient (Wildman–Crippen LogP) is 0.342. The number of hydrogen-bond donors (Lipinski definition) is 2. The van der Waals surface area contributed by atoms with E-state index in [1.54, 1.807) is 7.05 Å². The first-order chi connectivity index (χ1) is 5.83. The van der Waals surface area contributed by atoms with Crippen LogP contribution in [0.5, 0.6) is 0 Å². The largest absolute Gasteiger partial charge is 0.381 e. The molecule has 1 atom stereocenters. The minimum atomic E-state index is -0.111. The fourth-order valence-electron chi connectivity index (χ4n) is 1.29. The van der Waals surface area contributed by atoms with Crippen LogP contribution in [0.2, 0.25) is 0 Å². The second-order valence-electron chi connectivity index (χ2n) is 3.04. The maximum Gasteiger partial charge on any atom is 0.314 e. The molecule has 0 aromatic rings. The second kappa shape index (κ2) is 4.98. The standard InChI is InChI=1S/C8H16N2O2/c1-9-8(11)10-5-7-3-2-4-12-6-7/h7H,2-6H2,1H3,(H2,9,10,11). The maximum atomic E-state index is 10.8. The fraction of sp³-hybridized carbons (Fsp3) is 0.875. The van der Waals surface area contributed by atoms with Gasteiger partial charge in [0.25, 0.3) is 0 Å². The molecule has 1 saturated heterocycles. The third kappa shape index (κ3) is 3.09. The third-order valence-electron chi connectivity index (χ3n) is 2.03. The van der Waals surface area contributed by atoms with Crippen molar-refractivity contribution in [1.29, 1.82) is 0 Å². The molecule has 2 N–H and O–H groups in total. The van der Waals surface area contributed by atoms with Crippen LogP contribution < -0.4 is 10.6 Å². The average Bonchev–Trinajstić information content (AvgIpc) is 2.16. The van der Waals surface area contributed by atoms with Crippen molar-refractivity contribution in [3.63, 3.8) is 0 Å². The summed E-state index contributed by atoms with van der Waals surface area (Å²) >= 11 is 0. The molecule has 0 aromatic carbocycles. The van der Waals surface area contributed by atoms with Crippen molar-refractivity contribution in [3.05, 3.63) is 0 Å². The van der Waals surface area contributed by atoms with Crippen molar-refractivity contribution in [3.8, 4) is 0 Å². The van der Waals surface area contributed by atoms with Crippen molar-refractivity contribution in [2.45, 2.75) is 12.8 Å². The molecule has 1 heterocycles. The van der Waals surface area contributed by atoms with Crippen molar-refractivity contribution in [2.24, 2.45) is 5.92 Å². The van der Waals surface area contributed by atoms with Gasteiger partial charge in [-0.2, -0.15) is 0 Å². The highest BCUT2D eigenvalue weighted by Crippen LogP contribution is 2.11. The summed E-state index contributed by atoms with van der Waals surface area (Å²) in [5.74, 6) is 0.496. The maximum absolute atomic E-state index is 10.8. The highest BCUT2D eigenvalue weighted by molar-refractivity contribution is 5.73. The summed E-state index contributed by atoms with van der Waals surface area (Å²) < 4.78 is 5.28. The topological polar surface area (TPSA) is 50.4 Å². The first-order valence-corrected chi connectivity index (χ1v) is 4.36. The van der Waals surface area contributed by atoms with E-state index >= 15 is 0 Å². The van der Waals surface area contributed by atoms with Gasteiger partial charge in [-0.25, -0.2) is 4.79 Å². The Labute approximate surface area is 72.7 Å². The second-order valence-corrected chi connectivity index (χ2v) is 3.04. The molecule has 4 nitrogen and oxygen atoms in total. The predicted molar refractivity (Wildman–Crippen MR) is 46.0 cm³/mol. The van der Waals surface area contributed by atoms with Crippen LogP contribution in [-0.2, 0) is 4.74 Å². The van der Waals surface area contributed by atoms with Crippen LogP contribution in [0.25, 0.3) is 0 Å². The van der Waals surface area contributed by atoms with Gasteiger partial charge in [0.1, 0.15) is 0 Å². The van der Waals surface area contributed by atoms with E-state index in [-0.39, 0.29) is 6.03 Å². The number of hydrogen-bond acceptors (Lipinski definition) is 2. The summed E-state index contributed by atoms with van der Waals surface area (Å²) in [5.41, 5.74) is 0. The molecule has 0 bridgehead atoms. The van der Waals surface area contributed by atoms with Gasteiger partial charge >= 0.3 is 6.03 Å². The van der Waals surface area contributed by atoms with E-state index in [9.17, 15) is 4.79 Å². The van der Waals surface area contributed by atoms with Gasteiger partial charge in [-0.3, -0.25) is 0 Å². The number of urea groups is 1. The van der Waals surface area contributed by atoms with E-state index in [2.05, 4.69) is 10.6 Å². The fourth-order valence-corrected chi connectivity index (χ4v) is 1.29. The molecule has 1 aliphatic heterocycles. The monoisotopic (exact) mass is 172 g/mol. The Kier molecular flexibility index (Phi) is 3.87. The molecule has 0 radical (unpaired) electrons. The third-order valence-corrected chi connectivity index (χ3v) is 2.03. The van der Waals surface area contributed by atoms with Gasteiger partial charge in [0, 0.05) is 20.2 Å². The Hall–Kier alpha value is -0.770. The number of carbonyl (C=O) groups excluding carboxylic acids is 1. The normalized spacial score (nSPS) is 23.2. The average molecular weight is 172 g/mol. The van der Waals surface area contributed by atoms with Gasteiger partial charge in [0.15, 0.2) is 0 Å². The summed E-state index contributed by atoms with van der Waals surface area (Å²) in [6.07, 6.45) is 2.27. The van der Waals surface area contributed by atoms with Gasteiger partial charge in [-0.15, -0.1) is 0 Å². The first kappa shape index (κ1) is 9.32. The Morgan fingerprint density at radius 3 is 3.08 bits per heavy atom. The van der Waals surface area contributed by atoms with E-state index in [0.29, 0.717) is 5.92 Å². The number of nitrogens with one attached hydrogen (secondary N) is 2. The van der Waals surface area contributed by atoms with E-state index in [1.165, 1.54) is 0 Å². The molecule has 1 unspecified atom stereocenters. The summed E-state index contributed by atoms with van der Waals surface area (Å²) in [6.45, 7) is 2.38. The Balaban J connectivity index is 2.09. The Bertz CT molecular complexity index is 144. The van der Waals surface area contributed by atoms with Crippen LogP contribution >= 0.6 is 0 Å². The van der Waals surface area contributed by atoms with Crippen LogP contribution in [0.3, 0.4) is 0 Å².